The Morgan fingerprint density at radius 1 is 1.32 bits per heavy atom. The average Bonchev–Trinajstić information content (AvgIpc) is 3.45. The summed E-state index contributed by atoms with van der Waals surface area (Å²) in [5.41, 5.74) is 10.0. The molecule has 0 heterocycles. The fourth-order valence-corrected chi connectivity index (χ4v) is 5.30. The molecule has 0 bridgehead atoms. The first-order valence-corrected chi connectivity index (χ1v) is 10.4. The molecule has 0 saturated heterocycles. The first kappa shape index (κ1) is 18.8. The summed E-state index contributed by atoms with van der Waals surface area (Å²) >= 11 is 5.73. The number of anilines is 2. The molecule has 144 valence electrons. The van der Waals surface area contributed by atoms with Crippen LogP contribution in [0.4, 0.5) is 11.4 Å². The molecule has 3 atom stereocenters. The summed E-state index contributed by atoms with van der Waals surface area (Å²) in [6.45, 7) is 3.04. The maximum atomic E-state index is 9.22. The van der Waals surface area contributed by atoms with Crippen LogP contribution in [0.1, 0.15) is 43.7 Å². The van der Waals surface area contributed by atoms with Gasteiger partial charge in [-0.2, -0.15) is 5.26 Å². The van der Waals surface area contributed by atoms with Gasteiger partial charge in [-0.15, -0.1) is 0 Å². The van der Waals surface area contributed by atoms with Crippen molar-refractivity contribution in [3.8, 4) is 6.07 Å². The quantitative estimate of drug-likeness (QED) is 0.587. The SMILES string of the molecule is CCN(C(=S)Nc1ccccc1N)C1CCC2(c3cccc(C#N)c3)CC2C1. The van der Waals surface area contributed by atoms with Gasteiger partial charge in [-0.25, -0.2) is 0 Å². The lowest BCUT2D eigenvalue weighted by Gasteiger charge is -2.38. The van der Waals surface area contributed by atoms with Gasteiger partial charge in [-0.3, -0.25) is 0 Å². The van der Waals surface area contributed by atoms with E-state index in [2.05, 4.69) is 35.3 Å². The van der Waals surface area contributed by atoms with Crippen LogP contribution < -0.4 is 11.1 Å². The lowest BCUT2D eigenvalue weighted by atomic mass is 9.80. The van der Waals surface area contributed by atoms with Crippen LogP contribution in [0.15, 0.2) is 48.5 Å². The second kappa shape index (κ2) is 7.44. The van der Waals surface area contributed by atoms with Gasteiger partial charge in [0, 0.05) is 12.6 Å². The van der Waals surface area contributed by atoms with E-state index in [0.29, 0.717) is 17.6 Å². The Bertz CT molecular complexity index is 934. The summed E-state index contributed by atoms with van der Waals surface area (Å²) in [4.78, 5) is 2.32. The van der Waals surface area contributed by atoms with E-state index in [4.69, 9.17) is 18.0 Å². The molecule has 2 aromatic rings. The summed E-state index contributed by atoms with van der Waals surface area (Å²) in [6.07, 6.45) is 4.65. The molecule has 0 aromatic heterocycles. The molecule has 4 rings (SSSR count). The number of fused-ring (bicyclic) bond motifs is 1. The normalized spacial score (nSPS) is 25.3. The average molecular weight is 391 g/mol. The number of rotatable bonds is 4. The van der Waals surface area contributed by atoms with Gasteiger partial charge >= 0.3 is 0 Å². The number of thiocarbonyl (C=S) groups is 1. The third-order valence-corrected chi connectivity index (χ3v) is 6.86. The summed E-state index contributed by atoms with van der Waals surface area (Å²) in [6, 6.07) is 18.7. The highest BCUT2D eigenvalue weighted by molar-refractivity contribution is 7.80. The molecule has 4 nitrogen and oxygen atoms in total. The fourth-order valence-electron chi connectivity index (χ4n) is 4.91. The van der Waals surface area contributed by atoms with Crippen molar-refractivity contribution < 1.29 is 0 Å². The molecule has 2 fully saturated rings. The van der Waals surface area contributed by atoms with E-state index in [9.17, 15) is 5.26 Å². The number of hydrogen-bond acceptors (Lipinski definition) is 3. The number of nitriles is 1. The highest BCUT2D eigenvalue weighted by atomic mass is 32.1. The molecular formula is C23H26N4S. The Kier molecular flexibility index (Phi) is 4.99. The fraction of sp³-hybridized carbons (Fsp3) is 0.391. The van der Waals surface area contributed by atoms with Crippen molar-refractivity contribution in [1.29, 1.82) is 5.26 Å². The highest BCUT2D eigenvalue weighted by Gasteiger charge is 2.58. The lowest BCUT2D eigenvalue weighted by molar-refractivity contribution is 0.235. The maximum Gasteiger partial charge on any atom is 0.173 e. The van der Waals surface area contributed by atoms with Crippen molar-refractivity contribution >= 4 is 28.7 Å². The molecule has 0 amide bonds. The predicted octanol–water partition coefficient (Wildman–Crippen LogP) is 4.67. The van der Waals surface area contributed by atoms with E-state index < -0.39 is 0 Å². The van der Waals surface area contributed by atoms with Gasteiger partial charge in [-0.1, -0.05) is 24.3 Å². The van der Waals surface area contributed by atoms with E-state index in [1.54, 1.807) is 0 Å². The first-order chi connectivity index (χ1) is 13.6. The van der Waals surface area contributed by atoms with Crippen molar-refractivity contribution in [2.75, 3.05) is 17.6 Å². The van der Waals surface area contributed by atoms with Crippen molar-refractivity contribution in [1.82, 2.24) is 4.90 Å². The monoisotopic (exact) mass is 390 g/mol. The van der Waals surface area contributed by atoms with E-state index >= 15 is 0 Å². The Hall–Kier alpha value is -2.58. The summed E-state index contributed by atoms with van der Waals surface area (Å²) in [5, 5.41) is 13.3. The van der Waals surface area contributed by atoms with Crippen LogP contribution in [0.3, 0.4) is 0 Å². The Morgan fingerprint density at radius 2 is 2.14 bits per heavy atom. The van der Waals surface area contributed by atoms with Crippen LogP contribution in [0.25, 0.3) is 0 Å². The van der Waals surface area contributed by atoms with Crippen LogP contribution in [0, 0.1) is 17.2 Å². The number of para-hydroxylation sites is 2. The van der Waals surface area contributed by atoms with E-state index in [1.165, 1.54) is 12.0 Å². The third-order valence-electron chi connectivity index (χ3n) is 6.52. The Morgan fingerprint density at radius 3 is 2.86 bits per heavy atom. The van der Waals surface area contributed by atoms with Crippen LogP contribution in [-0.4, -0.2) is 22.6 Å². The zero-order valence-corrected chi connectivity index (χ0v) is 17.0. The smallest absolute Gasteiger partial charge is 0.173 e. The maximum absolute atomic E-state index is 9.22. The minimum Gasteiger partial charge on any atom is -0.397 e. The molecule has 2 aliphatic carbocycles. The molecule has 5 heteroatoms. The molecule has 2 aliphatic rings. The number of nitrogen functional groups attached to an aromatic ring is 1. The molecule has 0 aliphatic heterocycles. The summed E-state index contributed by atoms with van der Waals surface area (Å²) < 4.78 is 0. The molecule has 2 saturated carbocycles. The number of nitrogens with zero attached hydrogens (tertiary/aromatic N) is 2. The zero-order chi connectivity index (χ0) is 19.7. The largest absolute Gasteiger partial charge is 0.397 e. The highest BCUT2D eigenvalue weighted by Crippen LogP contribution is 2.62. The molecule has 0 spiro atoms. The number of hydrogen-bond donors (Lipinski definition) is 2. The van der Waals surface area contributed by atoms with Crippen LogP contribution >= 0.6 is 12.2 Å². The number of nitrogens with two attached hydrogens (primary N) is 1. The van der Waals surface area contributed by atoms with Gasteiger partial charge in [0.25, 0.3) is 0 Å². The molecule has 0 radical (unpaired) electrons. The Balaban J connectivity index is 1.44. The first-order valence-electron chi connectivity index (χ1n) is 10.00. The second-order valence-corrected chi connectivity index (χ2v) is 8.37. The number of nitrogens with one attached hydrogen (secondary N) is 1. The van der Waals surface area contributed by atoms with Crippen molar-refractivity contribution in [2.24, 2.45) is 5.92 Å². The van der Waals surface area contributed by atoms with E-state index in [-0.39, 0.29) is 5.41 Å². The molecular weight excluding hydrogens is 364 g/mol. The van der Waals surface area contributed by atoms with Gasteiger partial charge in [0.1, 0.15) is 0 Å². The summed E-state index contributed by atoms with van der Waals surface area (Å²) in [7, 11) is 0. The van der Waals surface area contributed by atoms with Crippen molar-refractivity contribution in [3.05, 3.63) is 59.7 Å². The van der Waals surface area contributed by atoms with Gasteiger partial charge in [0.15, 0.2) is 5.11 Å². The topological polar surface area (TPSA) is 65.1 Å². The third kappa shape index (κ3) is 3.33. The summed E-state index contributed by atoms with van der Waals surface area (Å²) in [5.74, 6) is 0.679. The van der Waals surface area contributed by atoms with Crippen molar-refractivity contribution in [3.63, 3.8) is 0 Å². The standard InChI is InChI=1S/C23H26N4S/c1-2-27(22(28)26-21-9-4-3-8-20(21)25)19-10-11-23(14-18(23)13-19)17-7-5-6-16(12-17)15-24/h3-9,12,18-19H,2,10-11,13-14,25H2,1H3,(H,26,28). The molecule has 3 N–H and O–H groups in total. The predicted molar refractivity (Wildman–Crippen MR) is 118 cm³/mol. The minimum absolute atomic E-state index is 0.279. The van der Waals surface area contributed by atoms with Crippen LogP contribution in [-0.2, 0) is 5.41 Å². The molecule has 3 unspecified atom stereocenters. The van der Waals surface area contributed by atoms with E-state index in [0.717, 1.165) is 42.2 Å². The molecule has 2 aromatic carbocycles. The van der Waals surface area contributed by atoms with Crippen LogP contribution in [0.5, 0.6) is 0 Å². The van der Waals surface area contributed by atoms with E-state index in [1.807, 2.05) is 36.4 Å². The second-order valence-electron chi connectivity index (χ2n) is 7.98. The van der Waals surface area contributed by atoms with Gasteiger partial charge in [0.05, 0.1) is 23.0 Å². The lowest BCUT2D eigenvalue weighted by Crippen LogP contribution is -2.45. The van der Waals surface area contributed by atoms with Crippen molar-refractivity contribution in [2.45, 2.75) is 44.1 Å². The minimum atomic E-state index is 0.279. The Labute approximate surface area is 172 Å². The molecule has 28 heavy (non-hydrogen) atoms. The van der Waals surface area contributed by atoms with Gasteiger partial charge in [0.2, 0.25) is 0 Å². The zero-order valence-electron chi connectivity index (χ0n) is 16.2. The van der Waals surface area contributed by atoms with Gasteiger partial charge in [-0.05, 0) is 86.0 Å². The van der Waals surface area contributed by atoms with Gasteiger partial charge < -0.3 is 16.0 Å². The van der Waals surface area contributed by atoms with Crippen LogP contribution in [0.2, 0.25) is 0 Å². The number of benzene rings is 2.